The Hall–Kier alpha value is -0.920. The minimum atomic E-state index is -3.49. The third-order valence-electron chi connectivity index (χ3n) is 1.96. The van der Waals surface area contributed by atoms with E-state index in [0.29, 0.717) is 6.42 Å². The third-order valence-corrected chi connectivity index (χ3v) is 3.73. The molecule has 2 unspecified atom stereocenters. The molecule has 0 fully saturated rings. The molecule has 0 spiro atoms. The summed E-state index contributed by atoms with van der Waals surface area (Å²) in [6.45, 7) is 1.62. The van der Waals surface area contributed by atoms with Crippen molar-refractivity contribution >= 4 is 28.2 Å². The Bertz CT molecular complexity index is 475. The van der Waals surface area contributed by atoms with Gasteiger partial charge >= 0.3 is 0 Å². The number of rotatable bonds is 7. The fraction of sp³-hybridized carbons (Fsp3) is 0.455. The van der Waals surface area contributed by atoms with Gasteiger partial charge in [-0.25, -0.2) is 4.98 Å². The highest BCUT2D eigenvalue weighted by molar-refractivity contribution is 8.00. The van der Waals surface area contributed by atoms with E-state index in [1.807, 2.05) is 6.07 Å². The van der Waals surface area contributed by atoms with E-state index >= 15 is 0 Å². The number of carbonyl (C=O) groups excluding carboxylic acids is 1. The van der Waals surface area contributed by atoms with Crippen molar-refractivity contribution in [3.63, 3.8) is 0 Å². The molecule has 7 heteroatoms. The van der Waals surface area contributed by atoms with Crippen LogP contribution in [-0.2, 0) is 19.1 Å². The van der Waals surface area contributed by atoms with Crippen LogP contribution in [-0.4, -0.2) is 37.3 Å². The molecule has 0 amide bonds. The molecule has 0 aliphatic heterocycles. The molecule has 100 valence electrons. The standard InChI is InChI=1S/C11H15NO4S2/c1-9(16-18(2,14)15)7-10(8-13)17-11-5-3-4-6-12-11/h3-6,8-10H,7H2,1-2H3. The molecular weight excluding hydrogens is 274 g/mol. The van der Waals surface area contributed by atoms with Crippen LogP contribution in [0.2, 0.25) is 0 Å². The van der Waals surface area contributed by atoms with Crippen LogP contribution < -0.4 is 0 Å². The van der Waals surface area contributed by atoms with Crippen LogP contribution in [0.5, 0.6) is 0 Å². The molecule has 2 atom stereocenters. The largest absolute Gasteiger partial charge is 0.302 e. The van der Waals surface area contributed by atoms with Crippen LogP contribution in [0.15, 0.2) is 29.4 Å². The second-order valence-corrected chi connectivity index (χ2v) is 6.67. The van der Waals surface area contributed by atoms with E-state index in [-0.39, 0.29) is 5.25 Å². The van der Waals surface area contributed by atoms with E-state index in [1.165, 1.54) is 11.8 Å². The lowest BCUT2D eigenvalue weighted by molar-refractivity contribution is -0.107. The molecule has 1 aromatic rings. The molecule has 0 aromatic carbocycles. The summed E-state index contributed by atoms with van der Waals surface area (Å²) < 4.78 is 26.7. The Morgan fingerprint density at radius 2 is 2.22 bits per heavy atom. The summed E-state index contributed by atoms with van der Waals surface area (Å²) in [6, 6.07) is 5.41. The van der Waals surface area contributed by atoms with Crippen LogP contribution >= 0.6 is 11.8 Å². The number of hydrogen-bond acceptors (Lipinski definition) is 6. The zero-order chi connectivity index (χ0) is 13.6. The van der Waals surface area contributed by atoms with Gasteiger partial charge in [-0.1, -0.05) is 17.8 Å². The monoisotopic (exact) mass is 289 g/mol. The lowest BCUT2D eigenvalue weighted by atomic mass is 10.2. The van der Waals surface area contributed by atoms with Crippen LogP contribution in [0.1, 0.15) is 13.3 Å². The molecule has 0 bridgehead atoms. The number of carbonyl (C=O) groups is 1. The highest BCUT2D eigenvalue weighted by Gasteiger charge is 2.18. The number of aromatic nitrogens is 1. The van der Waals surface area contributed by atoms with Crippen molar-refractivity contribution in [3.8, 4) is 0 Å². The maximum atomic E-state index is 11.0. The van der Waals surface area contributed by atoms with Gasteiger partial charge in [0.15, 0.2) is 0 Å². The highest BCUT2D eigenvalue weighted by atomic mass is 32.2. The molecule has 0 N–H and O–H groups in total. The van der Waals surface area contributed by atoms with Gasteiger partial charge in [0.2, 0.25) is 0 Å². The van der Waals surface area contributed by atoms with Crippen LogP contribution in [0, 0.1) is 0 Å². The summed E-state index contributed by atoms with van der Waals surface area (Å²) in [5, 5.41) is 0.345. The van der Waals surface area contributed by atoms with Gasteiger partial charge in [-0.15, -0.1) is 0 Å². The molecular formula is C11H15NO4S2. The lowest BCUT2D eigenvalue weighted by Gasteiger charge is -2.14. The third kappa shape index (κ3) is 6.13. The van der Waals surface area contributed by atoms with E-state index in [1.54, 1.807) is 25.3 Å². The van der Waals surface area contributed by atoms with Crippen LogP contribution in [0.25, 0.3) is 0 Å². The minimum Gasteiger partial charge on any atom is -0.302 e. The Kier molecular flexibility index (Phi) is 5.77. The van der Waals surface area contributed by atoms with Crippen molar-refractivity contribution < 1.29 is 17.4 Å². The number of aldehydes is 1. The Morgan fingerprint density at radius 1 is 1.50 bits per heavy atom. The van der Waals surface area contributed by atoms with Gasteiger partial charge in [-0.2, -0.15) is 8.42 Å². The van der Waals surface area contributed by atoms with Gasteiger partial charge in [0.05, 0.1) is 22.6 Å². The molecule has 18 heavy (non-hydrogen) atoms. The van der Waals surface area contributed by atoms with Gasteiger partial charge < -0.3 is 4.79 Å². The fourth-order valence-corrected chi connectivity index (χ4v) is 3.06. The van der Waals surface area contributed by atoms with Gasteiger partial charge in [-0.05, 0) is 25.5 Å². The van der Waals surface area contributed by atoms with Crippen molar-refractivity contribution in [2.45, 2.75) is 29.7 Å². The summed E-state index contributed by atoms with van der Waals surface area (Å²) in [7, 11) is -3.49. The average Bonchev–Trinajstić information content (AvgIpc) is 2.27. The Morgan fingerprint density at radius 3 is 2.72 bits per heavy atom. The maximum absolute atomic E-state index is 11.0. The second kappa shape index (κ2) is 6.86. The van der Waals surface area contributed by atoms with Crippen molar-refractivity contribution in [3.05, 3.63) is 24.4 Å². The van der Waals surface area contributed by atoms with E-state index in [9.17, 15) is 13.2 Å². The molecule has 0 saturated heterocycles. The Balaban J connectivity index is 2.55. The van der Waals surface area contributed by atoms with Crippen molar-refractivity contribution in [1.29, 1.82) is 0 Å². The number of nitrogens with zero attached hydrogens (tertiary/aromatic N) is 1. The molecule has 0 aliphatic carbocycles. The first kappa shape index (κ1) is 15.1. The first-order chi connectivity index (χ1) is 8.40. The molecule has 0 aliphatic rings. The van der Waals surface area contributed by atoms with Gasteiger partial charge in [0.25, 0.3) is 10.1 Å². The lowest BCUT2D eigenvalue weighted by Crippen LogP contribution is -2.20. The van der Waals surface area contributed by atoms with E-state index in [4.69, 9.17) is 4.18 Å². The zero-order valence-electron chi connectivity index (χ0n) is 10.1. The topological polar surface area (TPSA) is 73.3 Å². The summed E-state index contributed by atoms with van der Waals surface area (Å²) in [5.41, 5.74) is 0. The van der Waals surface area contributed by atoms with E-state index < -0.39 is 16.2 Å². The number of thioether (sulfide) groups is 1. The van der Waals surface area contributed by atoms with Crippen molar-refractivity contribution in [1.82, 2.24) is 4.98 Å². The van der Waals surface area contributed by atoms with Gasteiger partial charge in [0, 0.05) is 6.20 Å². The summed E-state index contributed by atoms with van der Waals surface area (Å²) in [4.78, 5) is 15.1. The summed E-state index contributed by atoms with van der Waals surface area (Å²) in [5.74, 6) is 0. The first-order valence-electron chi connectivity index (χ1n) is 5.32. The molecule has 5 nitrogen and oxygen atoms in total. The zero-order valence-corrected chi connectivity index (χ0v) is 11.8. The Labute approximate surface area is 111 Å². The number of pyridine rings is 1. The van der Waals surface area contributed by atoms with Gasteiger partial charge in [-0.3, -0.25) is 4.18 Å². The molecule has 1 aromatic heterocycles. The quantitative estimate of drug-likeness (QED) is 0.430. The van der Waals surface area contributed by atoms with Crippen LogP contribution in [0.4, 0.5) is 0 Å². The highest BCUT2D eigenvalue weighted by Crippen LogP contribution is 2.23. The summed E-state index contributed by atoms with van der Waals surface area (Å²) in [6.07, 6.45) is 3.19. The van der Waals surface area contributed by atoms with E-state index in [2.05, 4.69) is 4.98 Å². The molecule has 0 radical (unpaired) electrons. The molecule has 0 saturated carbocycles. The molecule has 1 rings (SSSR count). The predicted molar refractivity (Wildman–Crippen MR) is 70.0 cm³/mol. The smallest absolute Gasteiger partial charge is 0.264 e. The second-order valence-electron chi connectivity index (χ2n) is 3.81. The van der Waals surface area contributed by atoms with Crippen molar-refractivity contribution in [2.24, 2.45) is 0 Å². The number of hydrogen-bond donors (Lipinski definition) is 0. The van der Waals surface area contributed by atoms with E-state index in [0.717, 1.165) is 17.6 Å². The van der Waals surface area contributed by atoms with Gasteiger partial charge in [0.1, 0.15) is 6.29 Å². The minimum absolute atomic E-state index is 0.317. The predicted octanol–water partition coefficient (Wildman–Crippen LogP) is 1.50. The average molecular weight is 289 g/mol. The first-order valence-corrected chi connectivity index (χ1v) is 8.01. The SMILES string of the molecule is CC(CC(C=O)Sc1ccccn1)OS(C)(=O)=O. The maximum Gasteiger partial charge on any atom is 0.264 e. The molecule has 1 heterocycles. The fourth-order valence-electron chi connectivity index (χ4n) is 1.37. The van der Waals surface area contributed by atoms with Crippen molar-refractivity contribution in [2.75, 3.05) is 6.26 Å². The normalized spacial score (nSPS) is 15.0. The summed E-state index contributed by atoms with van der Waals surface area (Å²) >= 11 is 1.29. The van der Waals surface area contributed by atoms with Crippen LogP contribution in [0.3, 0.4) is 0 Å².